The number of esters is 2. The molecule has 36 heavy (non-hydrogen) atoms. The van der Waals surface area contributed by atoms with Gasteiger partial charge in [-0.2, -0.15) is 0 Å². The van der Waals surface area contributed by atoms with Crippen molar-refractivity contribution in [3.8, 4) is 11.5 Å². The smallest absolute Gasteiger partial charge is 0.305 e. The number of hydrogen-bond donors (Lipinski definition) is 0. The van der Waals surface area contributed by atoms with Crippen LogP contribution < -0.4 is 9.47 Å². The van der Waals surface area contributed by atoms with Gasteiger partial charge in [-0.25, -0.2) is 4.98 Å². The van der Waals surface area contributed by atoms with E-state index < -0.39 is 0 Å². The molecule has 0 unspecified atom stereocenters. The van der Waals surface area contributed by atoms with E-state index in [9.17, 15) is 14.4 Å². The minimum atomic E-state index is -0.360. The van der Waals surface area contributed by atoms with Gasteiger partial charge in [-0.1, -0.05) is 24.3 Å². The molecule has 0 aliphatic heterocycles. The maximum Gasteiger partial charge on any atom is 0.305 e. The average Bonchev–Trinajstić information content (AvgIpc) is 2.91. The number of ketones is 1. The molecular weight excluding hydrogens is 462 g/mol. The lowest BCUT2D eigenvalue weighted by Gasteiger charge is -2.12. The average molecular weight is 498 g/mol. The quantitative estimate of drug-likeness (QED) is 0.182. The molecule has 8 nitrogen and oxygen atoms in total. The minimum Gasteiger partial charge on any atom is -0.497 e. The molecule has 1 aromatic carbocycles. The van der Waals surface area contributed by atoms with Gasteiger partial charge in [0.25, 0.3) is 0 Å². The molecule has 0 aliphatic rings. The summed E-state index contributed by atoms with van der Waals surface area (Å²) in [6, 6.07) is 11.2. The molecule has 0 saturated heterocycles. The molecule has 2 rings (SSSR count). The number of carbonyl (C=O) groups is 3. The molecular formula is C28H35NO7. The Morgan fingerprint density at radius 3 is 2.25 bits per heavy atom. The van der Waals surface area contributed by atoms with Gasteiger partial charge in [0.1, 0.15) is 17.2 Å². The van der Waals surface area contributed by atoms with Crippen molar-refractivity contribution in [2.24, 2.45) is 0 Å². The Labute approximate surface area is 212 Å². The van der Waals surface area contributed by atoms with E-state index in [2.05, 4.69) is 21.9 Å². The summed E-state index contributed by atoms with van der Waals surface area (Å²) in [5.41, 5.74) is 1.95. The molecule has 0 fully saturated rings. The number of benzene rings is 1. The van der Waals surface area contributed by atoms with Crippen LogP contribution in [0.5, 0.6) is 11.5 Å². The number of nitrogens with zero attached hydrogens (tertiary/aromatic N) is 1. The Hall–Kier alpha value is -3.68. The molecule has 1 heterocycles. The summed E-state index contributed by atoms with van der Waals surface area (Å²) in [5.74, 6) is 0.503. The number of pyridine rings is 1. The van der Waals surface area contributed by atoms with E-state index in [1.165, 1.54) is 14.2 Å². The lowest BCUT2D eigenvalue weighted by atomic mass is 10.1. The fraction of sp³-hybridized carbons (Fsp3) is 0.429. The Bertz CT molecular complexity index is 1020. The van der Waals surface area contributed by atoms with Crippen LogP contribution in [0.15, 0.2) is 42.5 Å². The van der Waals surface area contributed by atoms with Gasteiger partial charge in [0.2, 0.25) is 0 Å². The van der Waals surface area contributed by atoms with Crippen molar-refractivity contribution < 1.29 is 33.3 Å². The largest absolute Gasteiger partial charge is 0.497 e. The van der Waals surface area contributed by atoms with Crippen LogP contribution in [0.1, 0.15) is 66.7 Å². The van der Waals surface area contributed by atoms with Crippen molar-refractivity contribution in [1.29, 1.82) is 0 Å². The Morgan fingerprint density at radius 1 is 0.833 bits per heavy atom. The number of aromatic nitrogens is 1. The van der Waals surface area contributed by atoms with Crippen molar-refractivity contribution in [2.45, 2.75) is 51.4 Å². The highest BCUT2D eigenvalue weighted by Gasteiger charge is 2.15. The van der Waals surface area contributed by atoms with Crippen LogP contribution >= 0.6 is 0 Å². The molecule has 0 aliphatic carbocycles. The molecule has 0 bridgehead atoms. The number of aryl methyl sites for hydroxylation is 1. The van der Waals surface area contributed by atoms with E-state index in [0.717, 1.165) is 30.6 Å². The highest BCUT2D eigenvalue weighted by molar-refractivity contribution is 5.94. The van der Waals surface area contributed by atoms with Crippen LogP contribution in [0.25, 0.3) is 6.08 Å². The zero-order chi connectivity index (χ0) is 26.2. The van der Waals surface area contributed by atoms with Crippen LogP contribution in [0.3, 0.4) is 0 Å². The molecule has 8 heteroatoms. The van der Waals surface area contributed by atoms with E-state index >= 15 is 0 Å². The van der Waals surface area contributed by atoms with Gasteiger partial charge in [0.15, 0.2) is 5.78 Å². The molecule has 194 valence electrons. The molecule has 0 amide bonds. The van der Waals surface area contributed by atoms with E-state index in [-0.39, 0.29) is 42.7 Å². The first-order chi connectivity index (χ1) is 17.5. The third-order valence-corrected chi connectivity index (χ3v) is 5.47. The SMILES string of the molecule is COC(=O)CCCC(=O)c1ccc(OCCCC/C=C/c2ccc(OC)cc2)c(CCC(=O)OC)n1. The number of carbonyl (C=O) groups excluding carboxylic acids is 3. The first-order valence-electron chi connectivity index (χ1n) is 12.1. The second-order valence-corrected chi connectivity index (χ2v) is 8.09. The standard InChI is InChI=1S/C28H35NO7/c1-33-22-14-12-21(13-15-22)9-6-4-5-7-20-36-26-18-16-23(25(30)10-8-11-27(31)34-2)29-24(26)17-19-28(32)35-3/h6,9,12-16,18H,4-5,7-8,10-11,17,19-20H2,1-3H3/b9-6+. The number of methoxy groups -OCH3 is 3. The summed E-state index contributed by atoms with van der Waals surface area (Å²) >= 11 is 0. The lowest BCUT2D eigenvalue weighted by molar-refractivity contribution is -0.141. The van der Waals surface area contributed by atoms with E-state index in [1.807, 2.05) is 24.3 Å². The number of Topliss-reactive ketones (excluding diaryl/α,β-unsaturated/α-hetero) is 1. The number of rotatable bonds is 16. The van der Waals surface area contributed by atoms with Crippen LogP contribution in [-0.2, 0) is 25.5 Å². The Morgan fingerprint density at radius 2 is 1.56 bits per heavy atom. The van der Waals surface area contributed by atoms with Crippen LogP contribution in [0, 0.1) is 0 Å². The number of hydrogen-bond acceptors (Lipinski definition) is 8. The minimum absolute atomic E-state index is 0.135. The maximum atomic E-state index is 12.5. The van der Waals surface area contributed by atoms with Gasteiger partial charge < -0.3 is 18.9 Å². The predicted molar refractivity (Wildman–Crippen MR) is 136 cm³/mol. The van der Waals surface area contributed by atoms with Gasteiger partial charge in [-0.3, -0.25) is 14.4 Å². The van der Waals surface area contributed by atoms with Crippen LogP contribution in [0.4, 0.5) is 0 Å². The Balaban J connectivity index is 1.87. The monoisotopic (exact) mass is 497 g/mol. The first-order valence-corrected chi connectivity index (χ1v) is 12.1. The van der Waals surface area contributed by atoms with Crippen molar-refractivity contribution in [2.75, 3.05) is 27.9 Å². The predicted octanol–water partition coefficient (Wildman–Crippen LogP) is 4.98. The van der Waals surface area contributed by atoms with Gasteiger partial charge >= 0.3 is 11.9 Å². The number of allylic oxidation sites excluding steroid dienone is 1. The molecule has 1 aromatic heterocycles. The van der Waals surface area contributed by atoms with Gasteiger partial charge in [-0.15, -0.1) is 0 Å². The van der Waals surface area contributed by atoms with Gasteiger partial charge in [0.05, 0.1) is 40.1 Å². The van der Waals surface area contributed by atoms with Gasteiger partial charge in [-0.05, 0) is 55.5 Å². The fourth-order valence-electron chi connectivity index (χ4n) is 3.38. The van der Waals surface area contributed by atoms with E-state index in [0.29, 0.717) is 30.9 Å². The Kier molecular flexibility index (Phi) is 12.8. The highest BCUT2D eigenvalue weighted by Crippen LogP contribution is 2.21. The third-order valence-electron chi connectivity index (χ3n) is 5.47. The third kappa shape index (κ3) is 10.3. The van der Waals surface area contributed by atoms with Crippen molar-refractivity contribution in [3.05, 3.63) is 59.4 Å². The molecule has 0 atom stereocenters. The molecule has 0 N–H and O–H groups in total. The zero-order valence-electron chi connectivity index (χ0n) is 21.3. The second-order valence-electron chi connectivity index (χ2n) is 8.09. The topological polar surface area (TPSA) is 101 Å². The van der Waals surface area contributed by atoms with E-state index in [4.69, 9.17) is 14.2 Å². The van der Waals surface area contributed by atoms with Crippen molar-refractivity contribution in [1.82, 2.24) is 4.98 Å². The summed E-state index contributed by atoms with van der Waals surface area (Å²) in [5, 5.41) is 0. The summed E-state index contributed by atoms with van der Waals surface area (Å²) in [6.07, 6.45) is 8.11. The molecule has 0 spiro atoms. The number of unbranched alkanes of at least 4 members (excludes halogenated alkanes) is 2. The van der Waals surface area contributed by atoms with Crippen LogP contribution in [-0.4, -0.2) is 50.6 Å². The van der Waals surface area contributed by atoms with Crippen molar-refractivity contribution >= 4 is 23.8 Å². The first kappa shape index (κ1) is 28.6. The van der Waals surface area contributed by atoms with Gasteiger partial charge in [0, 0.05) is 19.3 Å². The summed E-state index contributed by atoms with van der Waals surface area (Å²) in [6.45, 7) is 0.496. The second kappa shape index (κ2) is 16.1. The normalized spacial score (nSPS) is 10.8. The summed E-state index contributed by atoms with van der Waals surface area (Å²) in [4.78, 5) is 39.8. The molecule has 0 saturated carbocycles. The van der Waals surface area contributed by atoms with Crippen molar-refractivity contribution in [3.63, 3.8) is 0 Å². The number of ether oxygens (including phenoxy) is 4. The highest BCUT2D eigenvalue weighted by atomic mass is 16.5. The van der Waals surface area contributed by atoms with E-state index in [1.54, 1.807) is 19.2 Å². The summed E-state index contributed by atoms with van der Waals surface area (Å²) < 4.78 is 20.4. The lowest BCUT2D eigenvalue weighted by Crippen LogP contribution is -2.10. The zero-order valence-corrected chi connectivity index (χ0v) is 21.3. The van der Waals surface area contributed by atoms with Crippen LogP contribution in [0.2, 0.25) is 0 Å². The fourth-order valence-corrected chi connectivity index (χ4v) is 3.38. The maximum absolute atomic E-state index is 12.5. The summed E-state index contributed by atoms with van der Waals surface area (Å²) in [7, 11) is 4.30. The molecule has 2 aromatic rings. The molecule has 0 radical (unpaired) electrons.